The van der Waals surface area contributed by atoms with Crippen molar-refractivity contribution in [2.45, 2.75) is 0 Å². The monoisotopic (exact) mass is 397 g/mol. The summed E-state index contributed by atoms with van der Waals surface area (Å²) in [5.74, 6) is -0.271. The first-order valence-corrected chi connectivity index (χ1v) is 9.36. The van der Waals surface area contributed by atoms with Crippen molar-refractivity contribution >= 4 is 72.3 Å². The van der Waals surface area contributed by atoms with Crippen LogP contribution in [0.4, 0.5) is 5.13 Å². The van der Waals surface area contributed by atoms with Crippen LogP contribution in [0.15, 0.2) is 60.7 Å². The second-order valence-electron chi connectivity index (χ2n) is 5.58. The largest absolute Gasteiger partial charge is 0.308 e. The summed E-state index contributed by atoms with van der Waals surface area (Å²) in [7, 11) is 0. The number of thiazole rings is 1. The van der Waals surface area contributed by atoms with Gasteiger partial charge in [0.1, 0.15) is 5.52 Å². The first kappa shape index (κ1) is 16.9. The Morgan fingerprint density at radius 3 is 2.65 bits per heavy atom. The van der Waals surface area contributed by atoms with Crippen LogP contribution in [-0.4, -0.2) is 16.0 Å². The van der Waals surface area contributed by atoms with Crippen LogP contribution in [0.3, 0.4) is 0 Å². The number of anilines is 1. The summed E-state index contributed by atoms with van der Waals surface area (Å²) in [6.07, 6.45) is 0. The number of carbonyl (C=O) groups excluding carboxylic acids is 1. The Kier molecular flexibility index (Phi) is 4.55. The smallest absolute Gasteiger partial charge is 0.257 e. The highest BCUT2D eigenvalue weighted by Crippen LogP contribution is 2.30. The minimum absolute atomic E-state index is 0.193. The molecule has 4 rings (SSSR count). The van der Waals surface area contributed by atoms with E-state index in [4.69, 9.17) is 23.8 Å². The molecular formula is C19H12ClN3OS2. The normalized spacial score (nSPS) is 10.8. The van der Waals surface area contributed by atoms with E-state index in [0.717, 1.165) is 15.5 Å². The molecule has 4 nitrogen and oxygen atoms in total. The topological polar surface area (TPSA) is 54.0 Å². The molecule has 26 heavy (non-hydrogen) atoms. The summed E-state index contributed by atoms with van der Waals surface area (Å²) in [5.41, 5.74) is 1.26. The van der Waals surface area contributed by atoms with E-state index in [1.807, 2.05) is 48.5 Å². The van der Waals surface area contributed by atoms with Crippen LogP contribution in [0.2, 0.25) is 5.02 Å². The summed E-state index contributed by atoms with van der Waals surface area (Å²) in [5, 5.41) is 9.06. The lowest BCUT2D eigenvalue weighted by Crippen LogP contribution is -2.34. The van der Waals surface area contributed by atoms with E-state index in [2.05, 4.69) is 15.6 Å². The minimum atomic E-state index is -0.271. The number of aromatic nitrogens is 1. The van der Waals surface area contributed by atoms with Gasteiger partial charge in [0.25, 0.3) is 5.91 Å². The van der Waals surface area contributed by atoms with Gasteiger partial charge in [-0.1, -0.05) is 59.3 Å². The third-order valence-corrected chi connectivity index (χ3v) is 5.27. The van der Waals surface area contributed by atoms with Gasteiger partial charge in [-0.25, -0.2) is 4.98 Å². The summed E-state index contributed by atoms with van der Waals surface area (Å²) >= 11 is 12.8. The van der Waals surface area contributed by atoms with Gasteiger partial charge in [-0.15, -0.1) is 0 Å². The average Bonchev–Trinajstić information content (AvgIpc) is 3.05. The fourth-order valence-electron chi connectivity index (χ4n) is 2.60. The molecule has 0 fully saturated rings. The zero-order valence-electron chi connectivity index (χ0n) is 13.3. The molecule has 0 radical (unpaired) electrons. The number of amides is 1. The van der Waals surface area contributed by atoms with E-state index >= 15 is 0 Å². The first-order valence-electron chi connectivity index (χ1n) is 7.76. The third kappa shape index (κ3) is 3.39. The van der Waals surface area contributed by atoms with Crippen LogP contribution in [0.1, 0.15) is 10.4 Å². The summed E-state index contributed by atoms with van der Waals surface area (Å²) in [6, 6.07) is 19.0. The van der Waals surface area contributed by atoms with Gasteiger partial charge in [0.05, 0.1) is 9.72 Å². The molecule has 0 aliphatic heterocycles. The summed E-state index contributed by atoms with van der Waals surface area (Å²) in [6.45, 7) is 0. The molecule has 128 valence electrons. The zero-order chi connectivity index (χ0) is 18.1. The number of halogens is 1. The number of thiocarbonyl (C=S) groups is 1. The molecule has 2 N–H and O–H groups in total. The number of para-hydroxylation sites is 1. The fraction of sp³-hybridized carbons (Fsp3) is 0. The van der Waals surface area contributed by atoms with Gasteiger partial charge >= 0.3 is 0 Å². The van der Waals surface area contributed by atoms with Crippen LogP contribution in [0.25, 0.3) is 21.0 Å². The van der Waals surface area contributed by atoms with E-state index in [1.165, 1.54) is 11.3 Å². The molecule has 1 amide bonds. The van der Waals surface area contributed by atoms with Crippen molar-refractivity contribution in [2.24, 2.45) is 0 Å². The van der Waals surface area contributed by atoms with Crippen molar-refractivity contribution in [1.29, 1.82) is 0 Å². The van der Waals surface area contributed by atoms with Crippen LogP contribution in [-0.2, 0) is 0 Å². The van der Waals surface area contributed by atoms with Crippen molar-refractivity contribution in [3.63, 3.8) is 0 Å². The average molecular weight is 398 g/mol. The molecule has 4 aromatic rings. The number of nitrogens with zero attached hydrogens (tertiary/aromatic N) is 1. The first-order chi connectivity index (χ1) is 12.6. The number of hydrogen-bond acceptors (Lipinski definition) is 4. The lowest BCUT2D eigenvalue weighted by molar-refractivity contribution is 0.0978. The predicted octanol–water partition coefficient (Wildman–Crippen LogP) is 5.23. The van der Waals surface area contributed by atoms with Crippen molar-refractivity contribution in [1.82, 2.24) is 10.3 Å². The van der Waals surface area contributed by atoms with E-state index < -0.39 is 0 Å². The Morgan fingerprint density at radius 1 is 1.04 bits per heavy atom. The van der Waals surface area contributed by atoms with Crippen LogP contribution < -0.4 is 10.6 Å². The van der Waals surface area contributed by atoms with Crippen molar-refractivity contribution in [3.05, 3.63) is 71.2 Å². The fourth-order valence-corrected chi connectivity index (χ4v) is 4.03. The number of benzene rings is 3. The van der Waals surface area contributed by atoms with Crippen LogP contribution in [0.5, 0.6) is 0 Å². The number of rotatable bonds is 2. The highest BCUT2D eigenvalue weighted by atomic mass is 35.5. The second-order valence-corrected chi connectivity index (χ2v) is 7.42. The standard InChI is InChI=1S/C19H12ClN3OS2/c20-14-6-3-7-15-16(14)21-19(26-15)23-18(25)22-17(24)13-9-8-11-4-1-2-5-12(11)10-13/h1-10H,(H2,21,22,23,24,25). The molecule has 0 aliphatic carbocycles. The highest BCUT2D eigenvalue weighted by Gasteiger charge is 2.11. The maximum Gasteiger partial charge on any atom is 0.257 e. The Balaban J connectivity index is 1.49. The number of hydrogen-bond donors (Lipinski definition) is 2. The van der Waals surface area contributed by atoms with Crippen molar-refractivity contribution in [3.8, 4) is 0 Å². The van der Waals surface area contributed by atoms with Gasteiger partial charge in [0, 0.05) is 5.56 Å². The Bertz CT molecular complexity index is 1160. The molecule has 0 saturated heterocycles. The van der Waals surface area contributed by atoms with E-state index in [-0.39, 0.29) is 11.0 Å². The molecule has 3 aromatic carbocycles. The lowest BCUT2D eigenvalue weighted by Gasteiger charge is -2.08. The van der Waals surface area contributed by atoms with Gasteiger partial charge in [0.15, 0.2) is 10.2 Å². The van der Waals surface area contributed by atoms with Crippen LogP contribution in [0, 0.1) is 0 Å². The molecule has 7 heteroatoms. The second kappa shape index (κ2) is 6.99. The van der Waals surface area contributed by atoms with Crippen LogP contribution >= 0.6 is 35.2 Å². The number of fused-ring (bicyclic) bond motifs is 2. The van der Waals surface area contributed by atoms with E-state index in [0.29, 0.717) is 21.2 Å². The van der Waals surface area contributed by atoms with Gasteiger partial charge in [-0.3, -0.25) is 10.1 Å². The SMILES string of the molecule is O=C(NC(=S)Nc1nc2c(Cl)cccc2s1)c1ccc2ccccc2c1. The predicted molar refractivity (Wildman–Crippen MR) is 112 cm³/mol. The van der Waals surface area contributed by atoms with Crippen molar-refractivity contribution < 1.29 is 4.79 Å². The quantitative estimate of drug-likeness (QED) is 0.455. The maximum absolute atomic E-state index is 12.4. The molecule has 0 atom stereocenters. The molecule has 0 unspecified atom stereocenters. The van der Waals surface area contributed by atoms with Gasteiger partial charge in [-0.2, -0.15) is 0 Å². The molecule has 0 spiro atoms. The zero-order valence-corrected chi connectivity index (χ0v) is 15.7. The van der Waals surface area contributed by atoms with Gasteiger partial charge in [0.2, 0.25) is 0 Å². The molecular weight excluding hydrogens is 386 g/mol. The van der Waals surface area contributed by atoms with E-state index in [1.54, 1.807) is 12.1 Å². The van der Waals surface area contributed by atoms with E-state index in [9.17, 15) is 4.79 Å². The third-order valence-electron chi connectivity index (χ3n) is 3.83. The number of carbonyl (C=O) groups is 1. The molecule has 1 aromatic heterocycles. The van der Waals surface area contributed by atoms with Gasteiger partial charge < -0.3 is 5.32 Å². The molecule has 0 saturated carbocycles. The highest BCUT2D eigenvalue weighted by molar-refractivity contribution is 7.80. The number of nitrogens with one attached hydrogen (secondary N) is 2. The Labute approximate surface area is 163 Å². The minimum Gasteiger partial charge on any atom is -0.308 e. The van der Waals surface area contributed by atoms with Crippen molar-refractivity contribution in [2.75, 3.05) is 5.32 Å². The van der Waals surface area contributed by atoms with Gasteiger partial charge in [-0.05, 0) is 47.3 Å². The Morgan fingerprint density at radius 2 is 1.85 bits per heavy atom. The molecule has 1 heterocycles. The molecule has 0 bridgehead atoms. The summed E-state index contributed by atoms with van der Waals surface area (Å²) < 4.78 is 0.948. The summed E-state index contributed by atoms with van der Waals surface area (Å²) in [4.78, 5) is 16.8. The lowest BCUT2D eigenvalue weighted by atomic mass is 10.1. The molecule has 0 aliphatic rings. The Hall–Kier alpha value is -2.54. The maximum atomic E-state index is 12.4.